The molecule has 0 saturated heterocycles. The predicted octanol–water partition coefficient (Wildman–Crippen LogP) is 0.425. The van der Waals surface area contributed by atoms with Gasteiger partial charge in [-0.3, -0.25) is 4.79 Å². The second-order valence-corrected chi connectivity index (χ2v) is 3.42. The number of nitrogens with zero attached hydrogens (tertiary/aromatic N) is 3. The lowest BCUT2D eigenvalue weighted by molar-refractivity contribution is 0.100. The van der Waals surface area contributed by atoms with Gasteiger partial charge in [-0.2, -0.15) is 10.4 Å². The summed E-state index contributed by atoms with van der Waals surface area (Å²) in [7, 11) is 0. The van der Waals surface area contributed by atoms with E-state index in [0.717, 1.165) is 0 Å². The van der Waals surface area contributed by atoms with Crippen molar-refractivity contribution in [3.8, 4) is 11.8 Å². The molecule has 2 rings (SSSR count). The smallest absolute Gasteiger partial charge is 0.251 e. The molecule has 0 spiro atoms. The summed E-state index contributed by atoms with van der Waals surface area (Å²) in [5.74, 6) is -0.552. The third-order valence-electron chi connectivity index (χ3n) is 2.27. The van der Waals surface area contributed by atoms with Crippen LogP contribution in [0.3, 0.4) is 0 Å². The summed E-state index contributed by atoms with van der Waals surface area (Å²) in [6.45, 7) is 0. The van der Waals surface area contributed by atoms with Gasteiger partial charge in [0.05, 0.1) is 34.8 Å². The largest absolute Gasteiger partial charge is 0.397 e. The fraction of sp³-hybridized carbons (Fsp3) is 0. The minimum Gasteiger partial charge on any atom is -0.397 e. The minimum atomic E-state index is -0.552. The molecular formula is C11H9N5O. The Morgan fingerprint density at radius 3 is 2.76 bits per heavy atom. The van der Waals surface area contributed by atoms with Crippen LogP contribution in [-0.2, 0) is 0 Å². The third kappa shape index (κ3) is 1.94. The zero-order chi connectivity index (χ0) is 12.4. The highest BCUT2D eigenvalue weighted by Gasteiger charge is 2.08. The Balaban J connectivity index is 2.46. The van der Waals surface area contributed by atoms with Crippen molar-refractivity contribution in [2.45, 2.75) is 0 Å². The standard InChI is InChI=1S/C11H9N5O/c12-4-7-1-2-10(9(13)3-7)16-6-8(5-15-16)11(14)17/h1-3,5-6H,13H2,(H2,14,17). The average Bonchev–Trinajstić information content (AvgIpc) is 2.78. The number of nitriles is 1. The van der Waals surface area contributed by atoms with E-state index in [9.17, 15) is 4.79 Å². The first kappa shape index (κ1) is 10.7. The molecule has 1 heterocycles. The number of hydrogen-bond acceptors (Lipinski definition) is 4. The summed E-state index contributed by atoms with van der Waals surface area (Å²) in [5.41, 5.74) is 12.7. The zero-order valence-corrected chi connectivity index (χ0v) is 8.79. The van der Waals surface area contributed by atoms with Crippen LogP contribution >= 0.6 is 0 Å². The molecule has 0 aliphatic heterocycles. The number of anilines is 1. The molecule has 84 valence electrons. The SMILES string of the molecule is N#Cc1ccc(-n2cc(C(N)=O)cn2)c(N)c1. The van der Waals surface area contributed by atoms with E-state index >= 15 is 0 Å². The van der Waals surface area contributed by atoms with E-state index in [-0.39, 0.29) is 0 Å². The molecule has 2 aromatic rings. The van der Waals surface area contributed by atoms with Gasteiger partial charge in [0.15, 0.2) is 0 Å². The lowest BCUT2D eigenvalue weighted by Gasteiger charge is -2.05. The van der Waals surface area contributed by atoms with Crippen LogP contribution in [0.5, 0.6) is 0 Å². The average molecular weight is 227 g/mol. The lowest BCUT2D eigenvalue weighted by atomic mass is 10.2. The molecule has 0 fully saturated rings. The van der Waals surface area contributed by atoms with Crippen LogP contribution in [-0.4, -0.2) is 15.7 Å². The number of hydrogen-bond donors (Lipinski definition) is 2. The topological polar surface area (TPSA) is 111 Å². The van der Waals surface area contributed by atoms with Crippen molar-refractivity contribution in [3.05, 3.63) is 41.7 Å². The van der Waals surface area contributed by atoms with E-state index in [4.69, 9.17) is 16.7 Å². The fourth-order valence-electron chi connectivity index (χ4n) is 1.41. The summed E-state index contributed by atoms with van der Waals surface area (Å²) < 4.78 is 1.44. The van der Waals surface area contributed by atoms with E-state index in [0.29, 0.717) is 22.5 Å². The first-order valence-electron chi connectivity index (χ1n) is 4.76. The van der Waals surface area contributed by atoms with Gasteiger partial charge in [-0.1, -0.05) is 0 Å². The van der Waals surface area contributed by atoms with Gasteiger partial charge in [-0.25, -0.2) is 4.68 Å². The Kier molecular flexibility index (Phi) is 2.51. The molecule has 6 nitrogen and oxygen atoms in total. The van der Waals surface area contributed by atoms with E-state index < -0.39 is 5.91 Å². The van der Waals surface area contributed by atoms with E-state index in [1.54, 1.807) is 18.2 Å². The Morgan fingerprint density at radius 2 is 2.24 bits per heavy atom. The van der Waals surface area contributed by atoms with Gasteiger partial charge < -0.3 is 11.5 Å². The number of nitrogens with two attached hydrogens (primary N) is 2. The van der Waals surface area contributed by atoms with Gasteiger partial charge >= 0.3 is 0 Å². The molecule has 0 bridgehead atoms. The van der Waals surface area contributed by atoms with Crippen LogP contribution < -0.4 is 11.5 Å². The maximum Gasteiger partial charge on any atom is 0.251 e. The van der Waals surface area contributed by atoms with Crippen molar-refractivity contribution in [3.63, 3.8) is 0 Å². The van der Waals surface area contributed by atoms with Crippen molar-refractivity contribution < 1.29 is 4.79 Å². The highest BCUT2D eigenvalue weighted by molar-refractivity contribution is 5.92. The molecule has 1 amide bonds. The molecule has 1 aromatic carbocycles. The van der Waals surface area contributed by atoms with Crippen molar-refractivity contribution in [1.82, 2.24) is 9.78 Å². The molecule has 4 N–H and O–H groups in total. The zero-order valence-electron chi connectivity index (χ0n) is 8.79. The molecule has 17 heavy (non-hydrogen) atoms. The fourth-order valence-corrected chi connectivity index (χ4v) is 1.41. The minimum absolute atomic E-state index is 0.300. The number of carbonyl (C=O) groups is 1. The Morgan fingerprint density at radius 1 is 1.47 bits per heavy atom. The highest BCUT2D eigenvalue weighted by Crippen LogP contribution is 2.18. The number of aromatic nitrogens is 2. The third-order valence-corrected chi connectivity index (χ3v) is 2.27. The number of primary amides is 1. The van der Waals surface area contributed by atoms with Crippen LogP contribution in [0.25, 0.3) is 5.69 Å². The molecule has 0 aliphatic rings. The van der Waals surface area contributed by atoms with Crippen LogP contribution in [0.4, 0.5) is 5.69 Å². The van der Waals surface area contributed by atoms with Crippen molar-refractivity contribution in [1.29, 1.82) is 5.26 Å². The van der Waals surface area contributed by atoms with Crippen LogP contribution in [0, 0.1) is 11.3 Å². The second kappa shape index (κ2) is 3.98. The Labute approximate surface area is 97.1 Å². The molecule has 1 aromatic heterocycles. The number of rotatable bonds is 2. The van der Waals surface area contributed by atoms with Crippen molar-refractivity contribution in [2.75, 3.05) is 5.73 Å². The summed E-state index contributed by atoms with van der Waals surface area (Å²) in [6.07, 6.45) is 2.85. The highest BCUT2D eigenvalue weighted by atomic mass is 16.1. The van der Waals surface area contributed by atoms with Crippen LogP contribution in [0.1, 0.15) is 15.9 Å². The molecule has 0 unspecified atom stereocenters. The molecule has 6 heteroatoms. The number of carbonyl (C=O) groups excluding carboxylic acids is 1. The number of amides is 1. The van der Waals surface area contributed by atoms with Gasteiger partial charge in [-0.15, -0.1) is 0 Å². The van der Waals surface area contributed by atoms with E-state index in [1.807, 2.05) is 6.07 Å². The molecule has 0 atom stereocenters. The monoisotopic (exact) mass is 227 g/mol. The first-order valence-corrected chi connectivity index (χ1v) is 4.76. The maximum atomic E-state index is 10.9. The molecule has 0 radical (unpaired) electrons. The lowest BCUT2D eigenvalue weighted by Crippen LogP contribution is -2.09. The Hall–Kier alpha value is -2.81. The molecule has 0 aliphatic carbocycles. The van der Waals surface area contributed by atoms with Crippen molar-refractivity contribution in [2.24, 2.45) is 5.73 Å². The quantitative estimate of drug-likeness (QED) is 0.724. The van der Waals surface area contributed by atoms with Crippen LogP contribution in [0.2, 0.25) is 0 Å². The summed E-state index contributed by atoms with van der Waals surface area (Å²) in [6, 6.07) is 6.81. The number of benzene rings is 1. The van der Waals surface area contributed by atoms with E-state index in [1.165, 1.54) is 17.1 Å². The second-order valence-electron chi connectivity index (χ2n) is 3.42. The first-order chi connectivity index (χ1) is 8.11. The normalized spacial score (nSPS) is 9.82. The molecule has 0 saturated carbocycles. The van der Waals surface area contributed by atoms with E-state index in [2.05, 4.69) is 5.10 Å². The van der Waals surface area contributed by atoms with Crippen molar-refractivity contribution >= 4 is 11.6 Å². The van der Waals surface area contributed by atoms with Gasteiger partial charge in [0.2, 0.25) is 0 Å². The maximum absolute atomic E-state index is 10.9. The summed E-state index contributed by atoms with van der Waals surface area (Å²) >= 11 is 0. The number of nitrogen functional groups attached to an aromatic ring is 1. The summed E-state index contributed by atoms with van der Waals surface area (Å²) in [5, 5.41) is 12.7. The molecular weight excluding hydrogens is 218 g/mol. The van der Waals surface area contributed by atoms with Gasteiger partial charge in [0.1, 0.15) is 0 Å². The Bertz CT molecular complexity index is 623. The summed E-state index contributed by atoms with van der Waals surface area (Å²) in [4.78, 5) is 10.9. The van der Waals surface area contributed by atoms with Crippen LogP contribution in [0.15, 0.2) is 30.6 Å². The van der Waals surface area contributed by atoms with Gasteiger partial charge in [0.25, 0.3) is 5.91 Å². The predicted molar refractivity (Wildman–Crippen MR) is 61.2 cm³/mol. The van der Waals surface area contributed by atoms with Gasteiger partial charge in [0, 0.05) is 6.20 Å². The van der Waals surface area contributed by atoms with Gasteiger partial charge in [-0.05, 0) is 18.2 Å².